The third-order valence-electron chi connectivity index (χ3n) is 6.34. The Hall–Kier alpha value is -3.27. The van der Waals surface area contributed by atoms with Crippen molar-refractivity contribution in [1.82, 2.24) is 5.32 Å². The summed E-state index contributed by atoms with van der Waals surface area (Å²) < 4.78 is 41.2. The molecule has 0 radical (unpaired) electrons. The summed E-state index contributed by atoms with van der Waals surface area (Å²) in [5, 5.41) is 2.51. The lowest BCUT2D eigenvalue weighted by Gasteiger charge is -2.28. The molecule has 41 heavy (non-hydrogen) atoms. The number of fused-ring (bicyclic) bond motifs is 3. The average molecular weight is 588 g/mol. The third kappa shape index (κ3) is 9.11. The summed E-state index contributed by atoms with van der Waals surface area (Å²) in [4.78, 5) is 25.9. The zero-order valence-corrected chi connectivity index (χ0v) is 25.0. The van der Waals surface area contributed by atoms with E-state index in [1.54, 1.807) is 0 Å². The van der Waals surface area contributed by atoms with E-state index < -0.39 is 32.0 Å². The van der Waals surface area contributed by atoms with Gasteiger partial charge >= 0.3 is 19.9 Å². The maximum Gasteiger partial charge on any atom is 0.475 e. The zero-order chi connectivity index (χ0) is 30.0. The van der Waals surface area contributed by atoms with Gasteiger partial charge in [-0.1, -0.05) is 67.3 Å². The summed E-state index contributed by atoms with van der Waals surface area (Å²) in [7, 11) is 1.70. The van der Waals surface area contributed by atoms with Crippen LogP contribution in [0, 0.1) is 0 Å². The minimum absolute atomic E-state index is 0.0403. The monoisotopic (exact) mass is 587 g/mol. The van der Waals surface area contributed by atoms with Crippen LogP contribution < -0.4 is 5.32 Å². The first-order chi connectivity index (χ1) is 19.5. The highest BCUT2D eigenvalue weighted by Crippen LogP contribution is 2.51. The summed E-state index contributed by atoms with van der Waals surface area (Å²) in [5.41, 5.74) is 4.27. The van der Waals surface area contributed by atoms with Crippen LogP contribution in [0.3, 0.4) is 0 Å². The Labute approximate surface area is 242 Å². The molecule has 0 aliphatic heterocycles. The summed E-state index contributed by atoms with van der Waals surface area (Å²) in [6.45, 7) is 8.97. The van der Waals surface area contributed by atoms with E-state index in [0.29, 0.717) is 11.0 Å². The number of rotatable bonds is 16. The molecular formula is C30H40N2O8P+. The van der Waals surface area contributed by atoms with Crippen LogP contribution in [0.5, 0.6) is 0 Å². The number of ether oxygens (including phenoxy) is 2. The van der Waals surface area contributed by atoms with Crippen LogP contribution in [0.4, 0.5) is 4.79 Å². The van der Waals surface area contributed by atoms with Gasteiger partial charge in [-0.05, 0) is 29.2 Å². The van der Waals surface area contributed by atoms with E-state index >= 15 is 0 Å². The molecular weight excluding hydrogens is 547 g/mol. The second-order valence-corrected chi connectivity index (χ2v) is 12.2. The Morgan fingerprint density at radius 1 is 0.951 bits per heavy atom. The van der Waals surface area contributed by atoms with Crippen LogP contribution >= 0.6 is 7.82 Å². The molecule has 222 valence electrons. The zero-order valence-electron chi connectivity index (χ0n) is 24.1. The number of hydrogen-bond donors (Lipinski definition) is 1. The van der Waals surface area contributed by atoms with Crippen LogP contribution in [-0.4, -0.2) is 82.8 Å². The molecule has 3 atom stereocenters. The van der Waals surface area contributed by atoms with Crippen LogP contribution in [-0.2, 0) is 32.4 Å². The number of likely N-dealkylation sites (N-methyl/N-ethyl adjacent to an activating group) is 1. The molecule has 0 aromatic heterocycles. The van der Waals surface area contributed by atoms with Crippen molar-refractivity contribution >= 4 is 19.9 Å². The highest BCUT2D eigenvalue weighted by Gasteiger charge is 2.38. The quantitative estimate of drug-likeness (QED) is 0.126. The number of phosphoric acid groups is 1. The predicted octanol–water partition coefficient (Wildman–Crippen LogP) is 5.06. The summed E-state index contributed by atoms with van der Waals surface area (Å²) >= 11 is 0. The van der Waals surface area contributed by atoms with Crippen molar-refractivity contribution in [3.8, 4) is 11.1 Å². The van der Waals surface area contributed by atoms with Gasteiger partial charge in [-0.25, -0.2) is 14.2 Å². The van der Waals surface area contributed by atoms with Crippen molar-refractivity contribution in [2.45, 2.75) is 25.0 Å². The molecule has 1 N–H and O–H groups in total. The summed E-state index contributed by atoms with van der Waals surface area (Å²) in [5.74, 6) is -0.998. The number of nitrogens with zero attached hydrogens (tertiary/aromatic N) is 1. The van der Waals surface area contributed by atoms with Gasteiger partial charge in [0.05, 0.1) is 33.9 Å². The van der Waals surface area contributed by atoms with Crippen molar-refractivity contribution in [3.63, 3.8) is 0 Å². The van der Waals surface area contributed by atoms with Gasteiger partial charge in [0.25, 0.3) is 0 Å². The van der Waals surface area contributed by atoms with E-state index in [0.717, 1.165) is 22.3 Å². The minimum Gasteiger partial charge on any atom is -0.460 e. The fraction of sp³-hybridized carbons (Fsp3) is 0.400. The Morgan fingerprint density at radius 3 is 2.10 bits per heavy atom. The van der Waals surface area contributed by atoms with Crippen molar-refractivity contribution in [2.75, 3.05) is 54.1 Å². The third-order valence-corrected chi connectivity index (χ3v) is 7.90. The Balaban J connectivity index is 1.72. The lowest BCUT2D eigenvalue weighted by Crippen LogP contribution is -2.49. The van der Waals surface area contributed by atoms with Crippen molar-refractivity contribution in [3.05, 3.63) is 85.0 Å². The Bertz CT molecular complexity index is 1230. The second-order valence-electron chi connectivity index (χ2n) is 10.6. The lowest BCUT2D eigenvalue weighted by molar-refractivity contribution is -0.870. The van der Waals surface area contributed by atoms with Crippen LogP contribution in [0.2, 0.25) is 0 Å². The van der Waals surface area contributed by atoms with E-state index in [-0.39, 0.29) is 32.3 Å². The number of phosphoric ester groups is 1. The number of esters is 1. The van der Waals surface area contributed by atoms with Crippen molar-refractivity contribution in [1.29, 1.82) is 0 Å². The fourth-order valence-electron chi connectivity index (χ4n) is 4.30. The average Bonchev–Trinajstić information content (AvgIpc) is 3.25. The molecule has 2 aromatic carbocycles. The van der Waals surface area contributed by atoms with E-state index in [4.69, 9.17) is 23.0 Å². The molecule has 1 unspecified atom stereocenters. The topological polar surface area (TPSA) is 109 Å². The fourth-order valence-corrected chi connectivity index (χ4v) is 5.62. The Morgan fingerprint density at radius 2 is 1.54 bits per heavy atom. The van der Waals surface area contributed by atoms with Gasteiger partial charge in [-0.3, -0.25) is 13.6 Å². The summed E-state index contributed by atoms with van der Waals surface area (Å²) in [6, 6.07) is 14.5. The van der Waals surface area contributed by atoms with Crippen LogP contribution in [0.15, 0.2) is 73.8 Å². The van der Waals surface area contributed by atoms with Gasteiger partial charge in [0.1, 0.15) is 26.4 Å². The SMILES string of the molecule is C=CCOC(=O)[C@@H](NC(=O)OCC1c2ccccc2-c2ccccc21)[C@@H](C)OP(=O)(OCC=C)OCC[N+](C)(C)C. The smallest absolute Gasteiger partial charge is 0.460 e. The molecule has 0 fully saturated rings. The maximum absolute atomic E-state index is 13.4. The number of hydrogen-bond acceptors (Lipinski definition) is 8. The standard InChI is InChI=1S/C30H39N2O8P/c1-7-18-36-29(33)28(22(3)40-41(35,38-19-8-2)39-20-17-32(4,5)6)31-30(34)37-21-27-25-15-11-9-13-23(25)24-14-10-12-16-26(24)27/h7-16,22,27-28H,1-2,17-21H2,3-6H3/p+1/t22-,28+,41?/m1/s1. The minimum atomic E-state index is -4.15. The first-order valence-corrected chi connectivity index (χ1v) is 14.8. The number of alkyl carbamates (subject to hydrolysis) is 1. The predicted molar refractivity (Wildman–Crippen MR) is 156 cm³/mol. The van der Waals surface area contributed by atoms with E-state index in [9.17, 15) is 14.2 Å². The molecule has 0 spiro atoms. The van der Waals surface area contributed by atoms with Gasteiger partial charge in [0.2, 0.25) is 0 Å². The molecule has 0 saturated carbocycles. The molecule has 0 saturated heterocycles. The lowest BCUT2D eigenvalue weighted by atomic mass is 9.98. The highest BCUT2D eigenvalue weighted by atomic mass is 31.2. The molecule has 1 amide bonds. The van der Waals surface area contributed by atoms with Gasteiger partial charge in [-0.2, -0.15) is 0 Å². The van der Waals surface area contributed by atoms with E-state index in [1.807, 2.05) is 69.7 Å². The van der Waals surface area contributed by atoms with Crippen molar-refractivity contribution < 1.29 is 41.7 Å². The molecule has 0 heterocycles. The molecule has 11 heteroatoms. The first kappa shape index (κ1) is 32.2. The number of amides is 1. The summed E-state index contributed by atoms with van der Waals surface area (Å²) in [6.07, 6.45) is 0.747. The van der Waals surface area contributed by atoms with Gasteiger partial charge in [0, 0.05) is 5.92 Å². The maximum atomic E-state index is 13.4. The Kier molecular flexibility index (Phi) is 11.5. The van der Waals surface area contributed by atoms with Crippen LogP contribution in [0.25, 0.3) is 11.1 Å². The normalized spacial score (nSPS) is 15.5. The van der Waals surface area contributed by atoms with Crippen LogP contribution in [0.1, 0.15) is 24.0 Å². The number of carbonyl (C=O) groups is 2. The highest BCUT2D eigenvalue weighted by molar-refractivity contribution is 7.48. The second kappa shape index (κ2) is 14.6. The molecule has 2 aromatic rings. The molecule has 1 aliphatic carbocycles. The van der Waals surface area contributed by atoms with Gasteiger partial charge in [-0.15, -0.1) is 6.58 Å². The van der Waals surface area contributed by atoms with E-state index in [2.05, 4.69) is 18.5 Å². The number of benzene rings is 2. The number of nitrogens with one attached hydrogen (secondary N) is 1. The van der Waals surface area contributed by atoms with Crippen molar-refractivity contribution in [2.24, 2.45) is 0 Å². The number of quaternary nitrogens is 1. The number of carbonyl (C=O) groups excluding carboxylic acids is 2. The molecule has 3 rings (SSSR count). The molecule has 0 bridgehead atoms. The van der Waals surface area contributed by atoms with Gasteiger partial charge in [0.15, 0.2) is 6.04 Å². The molecule has 1 aliphatic rings. The molecule has 10 nitrogen and oxygen atoms in total. The first-order valence-electron chi connectivity index (χ1n) is 13.4. The largest absolute Gasteiger partial charge is 0.475 e. The van der Waals surface area contributed by atoms with Gasteiger partial charge < -0.3 is 19.3 Å². The van der Waals surface area contributed by atoms with E-state index in [1.165, 1.54) is 19.1 Å².